The molecule has 4 nitrogen and oxygen atoms in total. The summed E-state index contributed by atoms with van der Waals surface area (Å²) in [6.07, 6.45) is 0.112. The van der Waals surface area contributed by atoms with Crippen molar-refractivity contribution in [2.75, 3.05) is 13.6 Å². The molecule has 1 aromatic carbocycles. The topological polar surface area (TPSA) is 53.4 Å². The Hall–Kier alpha value is -1.65. The van der Waals surface area contributed by atoms with Crippen molar-refractivity contribution in [3.8, 4) is 0 Å². The van der Waals surface area contributed by atoms with Crippen LogP contribution < -0.4 is 0 Å². The highest BCUT2D eigenvalue weighted by atomic mass is 35.5. The van der Waals surface area contributed by atoms with Crippen LogP contribution in [0.25, 0.3) is 10.9 Å². The molecule has 0 aliphatic carbocycles. The summed E-state index contributed by atoms with van der Waals surface area (Å²) in [5, 5.41) is 10.4. The number of pyridine rings is 1. The maximum Gasteiger partial charge on any atom is 0.304 e. The molecule has 0 bridgehead atoms. The van der Waals surface area contributed by atoms with Crippen LogP contribution in [0.4, 0.5) is 0 Å². The van der Waals surface area contributed by atoms with Gasteiger partial charge in [-0.1, -0.05) is 29.8 Å². The third kappa shape index (κ3) is 3.26. The average Bonchev–Trinajstić information content (AvgIpc) is 2.42. The third-order valence-corrected chi connectivity index (χ3v) is 3.77. The highest BCUT2D eigenvalue weighted by Gasteiger charge is 2.12. The molecule has 5 heteroatoms. The molecule has 0 unspecified atom stereocenters. The second-order valence-corrected chi connectivity index (χ2v) is 5.27. The van der Waals surface area contributed by atoms with Crippen molar-refractivity contribution in [2.45, 2.75) is 19.9 Å². The van der Waals surface area contributed by atoms with Gasteiger partial charge < -0.3 is 5.11 Å². The van der Waals surface area contributed by atoms with E-state index < -0.39 is 5.97 Å². The van der Waals surface area contributed by atoms with E-state index in [4.69, 9.17) is 16.7 Å². The summed E-state index contributed by atoms with van der Waals surface area (Å²) in [6, 6.07) is 7.87. The molecule has 0 aliphatic heterocycles. The zero-order valence-electron chi connectivity index (χ0n) is 11.6. The van der Waals surface area contributed by atoms with Crippen LogP contribution in [-0.4, -0.2) is 34.6 Å². The fourth-order valence-electron chi connectivity index (χ4n) is 2.14. The second-order valence-electron chi connectivity index (χ2n) is 4.90. The highest BCUT2D eigenvalue weighted by Crippen LogP contribution is 2.27. The van der Waals surface area contributed by atoms with Gasteiger partial charge in [0.05, 0.1) is 22.7 Å². The molecule has 2 aromatic rings. The minimum Gasteiger partial charge on any atom is -0.481 e. The lowest BCUT2D eigenvalue weighted by Crippen LogP contribution is -2.22. The number of fused-ring (bicyclic) bond motifs is 1. The van der Waals surface area contributed by atoms with Crippen molar-refractivity contribution in [1.82, 2.24) is 9.88 Å². The molecule has 0 saturated carbocycles. The van der Waals surface area contributed by atoms with Gasteiger partial charge in [-0.05, 0) is 25.6 Å². The Bertz CT molecular complexity index is 643. The SMILES string of the molecule is Cc1c(Cl)c(CN(C)CCC(=O)O)nc2ccccc12. The molecule has 106 valence electrons. The molecule has 2 rings (SSSR count). The molecule has 0 spiro atoms. The Morgan fingerprint density at radius 2 is 2.10 bits per heavy atom. The van der Waals surface area contributed by atoms with Crippen molar-refractivity contribution >= 4 is 28.5 Å². The van der Waals surface area contributed by atoms with E-state index in [9.17, 15) is 4.79 Å². The molecule has 1 N–H and O–H groups in total. The van der Waals surface area contributed by atoms with Crippen molar-refractivity contribution < 1.29 is 9.90 Å². The van der Waals surface area contributed by atoms with E-state index in [1.54, 1.807) is 0 Å². The first-order chi connectivity index (χ1) is 9.49. The van der Waals surface area contributed by atoms with Crippen LogP contribution in [-0.2, 0) is 11.3 Å². The van der Waals surface area contributed by atoms with Gasteiger partial charge in [-0.15, -0.1) is 0 Å². The molecule has 0 radical (unpaired) electrons. The summed E-state index contributed by atoms with van der Waals surface area (Å²) < 4.78 is 0. The van der Waals surface area contributed by atoms with Crippen LogP contribution in [0.3, 0.4) is 0 Å². The smallest absolute Gasteiger partial charge is 0.304 e. The summed E-state index contributed by atoms with van der Waals surface area (Å²) in [6.45, 7) is 2.99. The molecule has 20 heavy (non-hydrogen) atoms. The van der Waals surface area contributed by atoms with E-state index in [1.165, 1.54) is 0 Å². The maximum atomic E-state index is 10.6. The number of aliphatic carboxylic acids is 1. The third-order valence-electron chi connectivity index (χ3n) is 3.27. The predicted octanol–water partition coefficient (Wildman–Crippen LogP) is 3.10. The van der Waals surface area contributed by atoms with Crippen LogP contribution >= 0.6 is 11.6 Å². The van der Waals surface area contributed by atoms with Crippen molar-refractivity contribution in [3.05, 3.63) is 40.5 Å². The Morgan fingerprint density at radius 1 is 1.40 bits per heavy atom. The first-order valence-electron chi connectivity index (χ1n) is 6.43. The van der Waals surface area contributed by atoms with Crippen LogP contribution in [0, 0.1) is 6.92 Å². The van der Waals surface area contributed by atoms with E-state index in [1.807, 2.05) is 43.1 Å². The summed E-state index contributed by atoms with van der Waals surface area (Å²) in [4.78, 5) is 17.1. The van der Waals surface area contributed by atoms with Gasteiger partial charge in [0.1, 0.15) is 0 Å². The Balaban J connectivity index is 2.26. The number of hydrogen-bond donors (Lipinski definition) is 1. The van der Waals surface area contributed by atoms with Crippen molar-refractivity contribution in [1.29, 1.82) is 0 Å². The van der Waals surface area contributed by atoms with E-state index in [0.29, 0.717) is 18.1 Å². The number of para-hydroxylation sites is 1. The number of carboxylic acids is 1. The van der Waals surface area contributed by atoms with E-state index in [0.717, 1.165) is 22.2 Å². The highest BCUT2D eigenvalue weighted by molar-refractivity contribution is 6.32. The quantitative estimate of drug-likeness (QED) is 0.920. The molecule has 0 aliphatic rings. The van der Waals surface area contributed by atoms with E-state index in [-0.39, 0.29) is 6.42 Å². The van der Waals surface area contributed by atoms with Crippen LogP contribution in [0.15, 0.2) is 24.3 Å². The molecule has 1 heterocycles. The lowest BCUT2D eigenvalue weighted by atomic mass is 10.1. The van der Waals surface area contributed by atoms with E-state index in [2.05, 4.69) is 4.98 Å². The van der Waals surface area contributed by atoms with E-state index >= 15 is 0 Å². The molecule has 0 saturated heterocycles. The Kier molecular flexibility index (Phi) is 4.57. The Morgan fingerprint density at radius 3 is 2.80 bits per heavy atom. The van der Waals surface area contributed by atoms with Gasteiger partial charge >= 0.3 is 5.97 Å². The van der Waals surface area contributed by atoms with Gasteiger partial charge in [-0.25, -0.2) is 4.98 Å². The van der Waals surface area contributed by atoms with Crippen LogP contribution in [0.5, 0.6) is 0 Å². The normalized spacial score (nSPS) is 11.2. The van der Waals surface area contributed by atoms with Gasteiger partial charge in [0, 0.05) is 18.5 Å². The van der Waals surface area contributed by atoms with Crippen LogP contribution in [0.2, 0.25) is 5.02 Å². The molecule has 0 amide bonds. The summed E-state index contributed by atoms with van der Waals surface area (Å²) >= 11 is 6.37. The summed E-state index contributed by atoms with van der Waals surface area (Å²) in [7, 11) is 1.87. The van der Waals surface area contributed by atoms with Crippen LogP contribution in [0.1, 0.15) is 17.7 Å². The molecular formula is C15H17ClN2O2. The first-order valence-corrected chi connectivity index (χ1v) is 6.81. The largest absolute Gasteiger partial charge is 0.481 e. The number of carbonyl (C=O) groups is 1. The number of aryl methyl sites for hydroxylation is 1. The number of aromatic nitrogens is 1. The maximum absolute atomic E-state index is 10.6. The van der Waals surface area contributed by atoms with Gasteiger partial charge in [0.25, 0.3) is 0 Å². The van der Waals surface area contributed by atoms with Gasteiger partial charge in [-0.3, -0.25) is 9.69 Å². The standard InChI is InChI=1S/C15H17ClN2O2/c1-10-11-5-3-4-6-12(11)17-13(15(10)16)9-18(2)8-7-14(19)20/h3-6H,7-9H2,1-2H3,(H,19,20). The fourth-order valence-corrected chi connectivity index (χ4v) is 2.35. The zero-order chi connectivity index (χ0) is 14.7. The number of benzene rings is 1. The molecule has 0 fully saturated rings. The number of carboxylic acid groups (broad SMARTS) is 1. The fraction of sp³-hybridized carbons (Fsp3) is 0.333. The lowest BCUT2D eigenvalue weighted by molar-refractivity contribution is -0.137. The first kappa shape index (κ1) is 14.8. The molecular weight excluding hydrogens is 276 g/mol. The Labute approximate surface area is 123 Å². The number of halogens is 1. The monoisotopic (exact) mass is 292 g/mol. The lowest BCUT2D eigenvalue weighted by Gasteiger charge is -2.17. The van der Waals surface area contributed by atoms with Crippen molar-refractivity contribution in [2.24, 2.45) is 0 Å². The number of rotatable bonds is 5. The summed E-state index contributed by atoms with van der Waals surface area (Å²) in [5.74, 6) is -0.800. The number of nitrogens with zero attached hydrogens (tertiary/aromatic N) is 2. The zero-order valence-corrected chi connectivity index (χ0v) is 12.3. The van der Waals surface area contributed by atoms with Gasteiger partial charge in [0.2, 0.25) is 0 Å². The number of hydrogen-bond acceptors (Lipinski definition) is 3. The molecule has 1 aromatic heterocycles. The average molecular weight is 293 g/mol. The second kappa shape index (κ2) is 6.20. The van der Waals surface area contributed by atoms with Gasteiger partial charge in [0.15, 0.2) is 0 Å². The minimum absolute atomic E-state index is 0.112. The minimum atomic E-state index is -0.800. The molecule has 0 atom stereocenters. The van der Waals surface area contributed by atoms with Gasteiger partial charge in [-0.2, -0.15) is 0 Å². The van der Waals surface area contributed by atoms with Crippen molar-refractivity contribution in [3.63, 3.8) is 0 Å². The summed E-state index contributed by atoms with van der Waals surface area (Å²) in [5.41, 5.74) is 2.71. The predicted molar refractivity (Wildman–Crippen MR) is 80.1 cm³/mol.